The number of piperidine rings is 1. The van der Waals surface area contributed by atoms with E-state index in [1.807, 2.05) is 6.92 Å². The third-order valence-corrected chi connectivity index (χ3v) is 2.00. The Morgan fingerprint density at radius 1 is 1.27 bits per heavy atom. The van der Waals surface area contributed by atoms with Crippen molar-refractivity contribution < 1.29 is 0 Å². The normalized spacial score (nSPS) is 26.8. The average Bonchev–Trinajstić information content (AvgIpc) is 2.07. The fourth-order valence-electron chi connectivity index (χ4n) is 1.35. The van der Waals surface area contributed by atoms with E-state index in [2.05, 4.69) is 29.6 Å². The predicted molar refractivity (Wildman–Crippen MR) is 49.6 cm³/mol. The molecule has 62 valence electrons. The zero-order valence-electron chi connectivity index (χ0n) is 7.22. The highest BCUT2D eigenvalue weighted by atomic mass is 14.9. The van der Waals surface area contributed by atoms with Crippen LogP contribution in [0.25, 0.3) is 0 Å². The molecule has 0 spiro atoms. The Kier molecular flexibility index (Phi) is 3.99. The molecule has 0 saturated carbocycles. The monoisotopic (exact) mass is 151 g/mol. The lowest BCUT2D eigenvalue weighted by molar-refractivity contribution is 0.454. The Bertz CT molecular complexity index is 141. The van der Waals surface area contributed by atoms with Crippen molar-refractivity contribution in [2.45, 2.75) is 32.2 Å². The van der Waals surface area contributed by atoms with Crippen molar-refractivity contribution in [2.75, 3.05) is 6.54 Å². The Morgan fingerprint density at radius 3 is 2.82 bits per heavy atom. The van der Waals surface area contributed by atoms with Gasteiger partial charge in [0.25, 0.3) is 0 Å². The van der Waals surface area contributed by atoms with Crippen LogP contribution in [0, 0.1) is 0 Å². The topological polar surface area (TPSA) is 12.0 Å². The summed E-state index contributed by atoms with van der Waals surface area (Å²) in [5.74, 6) is 0. The van der Waals surface area contributed by atoms with Gasteiger partial charge in [0, 0.05) is 6.04 Å². The number of rotatable bonds is 2. The quantitative estimate of drug-likeness (QED) is 0.597. The number of hydrogen-bond acceptors (Lipinski definition) is 1. The van der Waals surface area contributed by atoms with E-state index in [0.29, 0.717) is 6.04 Å². The van der Waals surface area contributed by atoms with E-state index in [0.717, 1.165) is 0 Å². The van der Waals surface area contributed by atoms with Crippen molar-refractivity contribution in [3.05, 3.63) is 24.3 Å². The number of hydrogen-bond donors (Lipinski definition) is 1. The van der Waals surface area contributed by atoms with Crippen LogP contribution in [-0.2, 0) is 0 Å². The minimum atomic E-state index is 0.625. The molecule has 0 amide bonds. The van der Waals surface area contributed by atoms with Crippen LogP contribution in [0.3, 0.4) is 0 Å². The maximum Gasteiger partial charge on any atom is 0.0253 e. The summed E-state index contributed by atoms with van der Waals surface area (Å²) in [6.07, 6.45) is 12.5. The summed E-state index contributed by atoms with van der Waals surface area (Å²) in [6.45, 7) is 3.23. The van der Waals surface area contributed by atoms with Crippen molar-refractivity contribution in [3.63, 3.8) is 0 Å². The first-order valence-corrected chi connectivity index (χ1v) is 4.46. The lowest BCUT2D eigenvalue weighted by Gasteiger charge is -2.19. The highest BCUT2D eigenvalue weighted by molar-refractivity contribution is 5.05. The van der Waals surface area contributed by atoms with Gasteiger partial charge in [-0.1, -0.05) is 30.7 Å². The van der Waals surface area contributed by atoms with Gasteiger partial charge in [0.15, 0.2) is 0 Å². The molecule has 1 atom stereocenters. The van der Waals surface area contributed by atoms with E-state index in [-0.39, 0.29) is 0 Å². The largest absolute Gasteiger partial charge is 0.311 e. The Morgan fingerprint density at radius 2 is 2.18 bits per heavy atom. The zero-order chi connectivity index (χ0) is 7.94. The van der Waals surface area contributed by atoms with Gasteiger partial charge in [-0.3, -0.25) is 0 Å². The second kappa shape index (κ2) is 5.14. The Labute approximate surface area is 69.2 Å². The highest BCUT2D eigenvalue weighted by Gasteiger charge is 2.07. The maximum atomic E-state index is 3.46. The van der Waals surface area contributed by atoms with Gasteiger partial charge in [0.05, 0.1) is 0 Å². The molecular weight excluding hydrogens is 134 g/mol. The van der Waals surface area contributed by atoms with E-state index in [1.54, 1.807) is 0 Å². The van der Waals surface area contributed by atoms with Crippen molar-refractivity contribution in [3.8, 4) is 0 Å². The standard InChI is InChI=1S/C10H17N/c1-2-3-4-7-10-8-5-6-9-11-10/h2-4,7,10-11H,5-6,8-9H2,1H3. The summed E-state index contributed by atoms with van der Waals surface area (Å²) in [5.41, 5.74) is 0. The van der Waals surface area contributed by atoms with E-state index < -0.39 is 0 Å². The average molecular weight is 151 g/mol. The molecule has 0 bridgehead atoms. The summed E-state index contributed by atoms with van der Waals surface area (Å²) in [7, 11) is 0. The number of nitrogens with one attached hydrogen (secondary N) is 1. The predicted octanol–water partition coefficient (Wildman–Crippen LogP) is 2.26. The molecule has 0 aromatic rings. The number of allylic oxidation sites excluding steroid dienone is 3. The van der Waals surface area contributed by atoms with Gasteiger partial charge in [-0.05, 0) is 26.3 Å². The molecule has 0 aromatic carbocycles. The zero-order valence-corrected chi connectivity index (χ0v) is 7.22. The lowest BCUT2D eigenvalue weighted by atomic mass is 10.0. The van der Waals surface area contributed by atoms with Crippen LogP contribution in [0.1, 0.15) is 26.2 Å². The summed E-state index contributed by atoms with van der Waals surface area (Å²) in [6, 6.07) is 0.625. The van der Waals surface area contributed by atoms with Gasteiger partial charge in [0.1, 0.15) is 0 Å². The second-order valence-electron chi connectivity index (χ2n) is 2.97. The van der Waals surface area contributed by atoms with E-state index in [4.69, 9.17) is 0 Å². The fourth-order valence-corrected chi connectivity index (χ4v) is 1.35. The Balaban J connectivity index is 2.23. The van der Waals surface area contributed by atoms with Crippen LogP contribution < -0.4 is 5.32 Å². The van der Waals surface area contributed by atoms with Crippen LogP contribution in [0.5, 0.6) is 0 Å². The summed E-state index contributed by atoms with van der Waals surface area (Å²) < 4.78 is 0. The smallest absolute Gasteiger partial charge is 0.0253 e. The van der Waals surface area contributed by atoms with Crippen molar-refractivity contribution >= 4 is 0 Å². The van der Waals surface area contributed by atoms with Gasteiger partial charge >= 0.3 is 0 Å². The molecule has 1 nitrogen and oxygen atoms in total. The van der Waals surface area contributed by atoms with Crippen molar-refractivity contribution in [1.82, 2.24) is 5.32 Å². The maximum absolute atomic E-state index is 3.46. The lowest BCUT2D eigenvalue weighted by Crippen LogP contribution is -2.31. The highest BCUT2D eigenvalue weighted by Crippen LogP contribution is 2.07. The molecule has 11 heavy (non-hydrogen) atoms. The van der Waals surface area contributed by atoms with Gasteiger partial charge < -0.3 is 5.32 Å². The van der Waals surface area contributed by atoms with Crippen LogP contribution in [0.2, 0.25) is 0 Å². The van der Waals surface area contributed by atoms with Crippen LogP contribution in [-0.4, -0.2) is 12.6 Å². The van der Waals surface area contributed by atoms with E-state index >= 15 is 0 Å². The molecule has 1 aliphatic rings. The van der Waals surface area contributed by atoms with Crippen LogP contribution >= 0.6 is 0 Å². The van der Waals surface area contributed by atoms with Crippen molar-refractivity contribution in [1.29, 1.82) is 0 Å². The van der Waals surface area contributed by atoms with Crippen molar-refractivity contribution in [2.24, 2.45) is 0 Å². The molecule has 1 unspecified atom stereocenters. The molecule has 1 heteroatoms. The molecule has 1 heterocycles. The molecule has 1 fully saturated rings. The molecule has 1 aliphatic heterocycles. The van der Waals surface area contributed by atoms with E-state index in [9.17, 15) is 0 Å². The summed E-state index contributed by atoms with van der Waals surface area (Å²) in [5, 5.41) is 3.46. The van der Waals surface area contributed by atoms with Crippen LogP contribution in [0.4, 0.5) is 0 Å². The van der Waals surface area contributed by atoms with Crippen LogP contribution in [0.15, 0.2) is 24.3 Å². The minimum absolute atomic E-state index is 0.625. The molecule has 1 N–H and O–H groups in total. The Hall–Kier alpha value is -0.560. The first kappa shape index (κ1) is 8.54. The molecule has 1 rings (SSSR count). The third kappa shape index (κ3) is 3.38. The van der Waals surface area contributed by atoms with Gasteiger partial charge in [-0.25, -0.2) is 0 Å². The molecule has 0 radical (unpaired) electrons. The third-order valence-electron chi connectivity index (χ3n) is 2.00. The molecule has 0 aliphatic carbocycles. The van der Waals surface area contributed by atoms with E-state index in [1.165, 1.54) is 25.8 Å². The van der Waals surface area contributed by atoms with Gasteiger partial charge in [-0.15, -0.1) is 0 Å². The van der Waals surface area contributed by atoms with Gasteiger partial charge in [-0.2, -0.15) is 0 Å². The molecule has 1 saturated heterocycles. The first-order valence-electron chi connectivity index (χ1n) is 4.46. The minimum Gasteiger partial charge on any atom is -0.311 e. The summed E-state index contributed by atoms with van der Waals surface area (Å²) in [4.78, 5) is 0. The van der Waals surface area contributed by atoms with Gasteiger partial charge in [0.2, 0.25) is 0 Å². The fraction of sp³-hybridized carbons (Fsp3) is 0.600. The SMILES string of the molecule is CC=CC=CC1CCCCN1. The first-order chi connectivity index (χ1) is 5.43. The molecular formula is C10H17N. The summed E-state index contributed by atoms with van der Waals surface area (Å²) >= 11 is 0. The molecule has 0 aromatic heterocycles. The second-order valence-corrected chi connectivity index (χ2v) is 2.97.